The smallest absolute Gasteiger partial charge is 0.252 e. The molecule has 21 heavy (non-hydrogen) atoms. The summed E-state index contributed by atoms with van der Waals surface area (Å²) < 4.78 is 5.30. The van der Waals surface area contributed by atoms with Crippen LogP contribution in [-0.4, -0.2) is 12.5 Å². The van der Waals surface area contributed by atoms with E-state index >= 15 is 0 Å². The first-order valence-corrected chi connectivity index (χ1v) is 7.30. The lowest BCUT2D eigenvalue weighted by molar-refractivity contribution is 0.0935. The number of hydrogen-bond donors (Lipinski definition) is 2. The standard InChI is InChI=1S/C17H22N2O2/c1-4-9-18-14-7-8-15(12(2)11-14)17(20)19-13(3)16-6-5-10-21-16/h5-8,10-11,13,18H,4,9H2,1-3H3,(H,19,20). The molecule has 0 bridgehead atoms. The molecule has 0 spiro atoms. The topological polar surface area (TPSA) is 54.3 Å². The number of anilines is 1. The minimum absolute atomic E-state index is 0.0848. The molecule has 0 aliphatic carbocycles. The molecule has 4 heteroatoms. The second-order valence-electron chi connectivity index (χ2n) is 5.17. The molecule has 1 heterocycles. The number of furan rings is 1. The number of nitrogens with one attached hydrogen (secondary N) is 2. The van der Waals surface area contributed by atoms with Gasteiger partial charge in [-0.25, -0.2) is 0 Å². The maximum Gasteiger partial charge on any atom is 0.252 e. The Kier molecular flexibility index (Phi) is 5.04. The minimum atomic E-state index is -0.148. The molecule has 2 N–H and O–H groups in total. The highest BCUT2D eigenvalue weighted by Gasteiger charge is 2.15. The fraction of sp³-hybridized carbons (Fsp3) is 0.353. The predicted octanol–water partition coefficient (Wildman–Crippen LogP) is 3.90. The molecule has 0 saturated heterocycles. The molecule has 1 aromatic heterocycles. The molecule has 2 aromatic rings. The first kappa shape index (κ1) is 15.2. The van der Waals surface area contributed by atoms with Gasteiger partial charge in [0.1, 0.15) is 5.76 Å². The van der Waals surface area contributed by atoms with E-state index in [1.807, 2.05) is 44.2 Å². The molecule has 2 rings (SSSR count). The van der Waals surface area contributed by atoms with Gasteiger partial charge in [-0.1, -0.05) is 6.92 Å². The largest absolute Gasteiger partial charge is 0.467 e. The Morgan fingerprint density at radius 3 is 2.76 bits per heavy atom. The Balaban J connectivity index is 2.05. The molecular formula is C17H22N2O2. The van der Waals surface area contributed by atoms with Crippen molar-refractivity contribution in [2.24, 2.45) is 0 Å². The second-order valence-corrected chi connectivity index (χ2v) is 5.17. The normalized spacial score (nSPS) is 12.0. The van der Waals surface area contributed by atoms with Crippen LogP contribution in [0.5, 0.6) is 0 Å². The lowest BCUT2D eigenvalue weighted by Gasteiger charge is -2.14. The van der Waals surface area contributed by atoms with Crippen molar-refractivity contribution in [1.29, 1.82) is 0 Å². The van der Waals surface area contributed by atoms with Crippen molar-refractivity contribution in [2.45, 2.75) is 33.2 Å². The van der Waals surface area contributed by atoms with Crippen LogP contribution in [0, 0.1) is 6.92 Å². The van der Waals surface area contributed by atoms with Crippen molar-refractivity contribution in [3.8, 4) is 0 Å². The van der Waals surface area contributed by atoms with E-state index in [1.54, 1.807) is 6.26 Å². The third-order valence-electron chi connectivity index (χ3n) is 3.37. The van der Waals surface area contributed by atoms with Crippen molar-refractivity contribution in [3.05, 3.63) is 53.5 Å². The second kappa shape index (κ2) is 6.97. The maximum absolute atomic E-state index is 12.3. The Morgan fingerprint density at radius 2 is 2.14 bits per heavy atom. The molecule has 1 aromatic carbocycles. The number of carbonyl (C=O) groups is 1. The number of hydrogen-bond acceptors (Lipinski definition) is 3. The molecular weight excluding hydrogens is 264 g/mol. The number of aryl methyl sites for hydroxylation is 1. The third-order valence-corrected chi connectivity index (χ3v) is 3.37. The van der Waals surface area contributed by atoms with Gasteiger partial charge in [0, 0.05) is 17.8 Å². The Hall–Kier alpha value is -2.23. The number of carbonyl (C=O) groups excluding carboxylic acids is 1. The van der Waals surface area contributed by atoms with Crippen LogP contribution in [0.15, 0.2) is 41.0 Å². The number of rotatable bonds is 6. The summed E-state index contributed by atoms with van der Waals surface area (Å²) in [4.78, 5) is 12.3. The summed E-state index contributed by atoms with van der Waals surface area (Å²) in [6, 6.07) is 9.33. The van der Waals surface area contributed by atoms with Crippen molar-refractivity contribution in [2.75, 3.05) is 11.9 Å². The van der Waals surface area contributed by atoms with E-state index in [0.29, 0.717) is 5.56 Å². The van der Waals surface area contributed by atoms with Crippen molar-refractivity contribution >= 4 is 11.6 Å². The highest BCUT2D eigenvalue weighted by Crippen LogP contribution is 2.18. The van der Waals surface area contributed by atoms with Gasteiger partial charge in [0.15, 0.2) is 0 Å². The van der Waals surface area contributed by atoms with E-state index in [0.717, 1.165) is 30.0 Å². The number of benzene rings is 1. The zero-order chi connectivity index (χ0) is 15.2. The lowest BCUT2D eigenvalue weighted by atomic mass is 10.1. The summed E-state index contributed by atoms with van der Waals surface area (Å²) in [6.07, 6.45) is 2.68. The van der Waals surface area contributed by atoms with E-state index in [-0.39, 0.29) is 11.9 Å². The molecule has 1 unspecified atom stereocenters. The molecule has 1 amide bonds. The zero-order valence-electron chi connectivity index (χ0n) is 12.8. The van der Waals surface area contributed by atoms with Gasteiger partial charge in [-0.15, -0.1) is 0 Å². The molecule has 0 fully saturated rings. The monoisotopic (exact) mass is 286 g/mol. The first-order chi connectivity index (χ1) is 10.1. The quantitative estimate of drug-likeness (QED) is 0.846. The molecule has 0 radical (unpaired) electrons. The Bertz CT molecular complexity index is 591. The highest BCUT2D eigenvalue weighted by atomic mass is 16.3. The Labute approximate surface area is 125 Å². The van der Waals surface area contributed by atoms with Gasteiger partial charge >= 0.3 is 0 Å². The van der Waals surface area contributed by atoms with Crippen molar-refractivity contribution < 1.29 is 9.21 Å². The summed E-state index contributed by atoms with van der Waals surface area (Å²) in [5.74, 6) is 0.667. The van der Waals surface area contributed by atoms with Crippen LogP contribution in [0.2, 0.25) is 0 Å². The third kappa shape index (κ3) is 3.88. The maximum atomic E-state index is 12.3. The average molecular weight is 286 g/mol. The van der Waals surface area contributed by atoms with Gasteiger partial charge in [-0.3, -0.25) is 4.79 Å². The van der Waals surface area contributed by atoms with Gasteiger partial charge in [0.05, 0.1) is 12.3 Å². The van der Waals surface area contributed by atoms with Crippen LogP contribution in [0.25, 0.3) is 0 Å². The fourth-order valence-corrected chi connectivity index (χ4v) is 2.18. The molecule has 4 nitrogen and oxygen atoms in total. The van der Waals surface area contributed by atoms with E-state index in [2.05, 4.69) is 17.6 Å². The van der Waals surface area contributed by atoms with Gasteiger partial charge in [0.25, 0.3) is 5.91 Å². The van der Waals surface area contributed by atoms with Crippen LogP contribution < -0.4 is 10.6 Å². The van der Waals surface area contributed by atoms with Crippen LogP contribution in [0.1, 0.15) is 48.0 Å². The van der Waals surface area contributed by atoms with Crippen molar-refractivity contribution in [3.63, 3.8) is 0 Å². The van der Waals surface area contributed by atoms with Crippen LogP contribution in [0.4, 0.5) is 5.69 Å². The molecule has 1 atom stereocenters. The predicted molar refractivity (Wildman–Crippen MR) is 84.5 cm³/mol. The number of amides is 1. The minimum Gasteiger partial charge on any atom is -0.467 e. The van der Waals surface area contributed by atoms with E-state index < -0.39 is 0 Å². The van der Waals surface area contributed by atoms with Crippen LogP contribution in [0.3, 0.4) is 0 Å². The zero-order valence-corrected chi connectivity index (χ0v) is 12.8. The highest BCUT2D eigenvalue weighted by molar-refractivity contribution is 5.96. The first-order valence-electron chi connectivity index (χ1n) is 7.30. The van der Waals surface area contributed by atoms with Crippen LogP contribution >= 0.6 is 0 Å². The SMILES string of the molecule is CCCNc1ccc(C(=O)NC(C)c2ccco2)c(C)c1. The molecule has 112 valence electrons. The van der Waals surface area contributed by atoms with Gasteiger partial charge in [-0.2, -0.15) is 0 Å². The van der Waals surface area contributed by atoms with Gasteiger partial charge in [0.2, 0.25) is 0 Å². The van der Waals surface area contributed by atoms with E-state index in [4.69, 9.17) is 4.42 Å². The molecule has 0 aliphatic rings. The summed E-state index contributed by atoms with van der Waals surface area (Å²) >= 11 is 0. The van der Waals surface area contributed by atoms with Gasteiger partial charge in [-0.05, 0) is 56.2 Å². The molecule has 0 aliphatic heterocycles. The Morgan fingerprint density at radius 1 is 1.33 bits per heavy atom. The summed E-state index contributed by atoms with van der Waals surface area (Å²) in [5, 5.41) is 6.27. The van der Waals surface area contributed by atoms with Crippen LogP contribution in [-0.2, 0) is 0 Å². The average Bonchev–Trinajstić information content (AvgIpc) is 2.99. The summed E-state index contributed by atoms with van der Waals surface area (Å²) in [7, 11) is 0. The van der Waals surface area contributed by atoms with E-state index in [9.17, 15) is 4.79 Å². The van der Waals surface area contributed by atoms with Crippen molar-refractivity contribution in [1.82, 2.24) is 5.32 Å². The summed E-state index contributed by atoms with van der Waals surface area (Å²) in [5.41, 5.74) is 2.70. The van der Waals surface area contributed by atoms with E-state index in [1.165, 1.54) is 0 Å². The molecule has 0 saturated carbocycles. The lowest BCUT2D eigenvalue weighted by Crippen LogP contribution is -2.27. The van der Waals surface area contributed by atoms with Gasteiger partial charge < -0.3 is 15.1 Å². The summed E-state index contributed by atoms with van der Waals surface area (Å²) in [6.45, 7) is 6.91. The fourth-order valence-electron chi connectivity index (χ4n) is 2.18.